The van der Waals surface area contributed by atoms with E-state index in [4.69, 9.17) is 51.5 Å². The van der Waals surface area contributed by atoms with E-state index in [1.165, 1.54) is 0 Å². The van der Waals surface area contributed by atoms with Crippen molar-refractivity contribution in [2.75, 3.05) is 5.32 Å². The van der Waals surface area contributed by atoms with E-state index in [9.17, 15) is 18.8 Å². The number of aromatic carboxylic acids is 1. The van der Waals surface area contributed by atoms with Crippen LogP contribution in [0.1, 0.15) is 10.4 Å². The number of carbonyl (C=O) groups is 3. The first kappa shape index (κ1) is 17.7. The molecule has 1 rings (SSSR count). The molecule has 0 radical (unpaired) electrons. The summed E-state index contributed by atoms with van der Waals surface area (Å²) >= 11 is 21.0. The van der Waals surface area contributed by atoms with E-state index < -0.39 is 43.9 Å². The number of urea groups is 1. The molecule has 12 heteroatoms. The normalized spacial score (nSPS) is 10.9. The fraction of sp³-hybridized carbons (Fsp3) is 0.111. The van der Waals surface area contributed by atoms with Crippen molar-refractivity contribution >= 4 is 70.0 Å². The fourth-order valence-corrected chi connectivity index (χ4v) is 1.35. The quantitative estimate of drug-likeness (QED) is 0.541. The van der Waals surface area contributed by atoms with Crippen molar-refractivity contribution in [1.82, 2.24) is 10.3 Å². The van der Waals surface area contributed by atoms with E-state index >= 15 is 0 Å². The Labute approximate surface area is 136 Å². The van der Waals surface area contributed by atoms with Gasteiger partial charge in [0.25, 0.3) is 9.70 Å². The Morgan fingerprint density at radius 2 is 1.86 bits per heavy atom. The van der Waals surface area contributed by atoms with E-state index in [1.807, 2.05) is 0 Å². The minimum absolute atomic E-state index is 0.678. The van der Waals surface area contributed by atoms with Gasteiger partial charge in [-0.15, -0.1) is 0 Å². The highest BCUT2D eigenvalue weighted by atomic mass is 35.6. The fourth-order valence-electron chi connectivity index (χ4n) is 1.07. The monoisotopic (exact) mass is 377 g/mol. The van der Waals surface area contributed by atoms with Gasteiger partial charge in [0, 0.05) is 6.20 Å². The van der Waals surface area contributed by atoms with Gasteiger partial charge < -0.3 is 10.4 Å². The van der Waals surface area contributed by atoms with Gasteiger partial charge in [-0.2, -0.15) is 0 Å². The smallest absolute Gasteiger partial charge is 0.339 e. The van der Waals surface area contributed by atoms with Crippen molar-refractivity contribution in [2.45, 2.75) is 3.79 Å². The SMILES string of the molecule is O=C(NC(=O)C(Cl)(Cl)Cl)Nc1c(C(=O)O)cnc(Cl)c1F. The molecule has 0 saturated heterocycles. The van der Waals surface area contributed by atoms with Crippen molar-refractivity contribution in [3.63, 3.8) is 0 Å². The molecule has 7 nitrogen and oxygen atoms in total. The summed E-state index contributed by atoms with van der Waals surface area (Å²) in [5.41, 5.74) is -1.48. The van der Waals surface area contributed by atoms with Crippen molar-refractivity contribution in [3.8, 4) is 0 Å². The second-order valence-electron chi connectivity index (χ2n) is 3.36. The number of halogens is 5. The number of hydrogen-bond donors (Lipinski definition) is 3. The van der Waals surface area contributed by atoms with Crippen molar-refractivity contribution in [2.24, 2.45) is 0 Å². The molecule has 0 atom stereocenters. The molecular formula is C9H4Cl4FN3O4. The topological polar surface area (TPSA) is 108 Å². The lowest BCUT2D eigenvalue weighted by Crippen LogP contribution is -2.41. The summed E-state index contributed by atoms with van der Waals surface area (Å²) in [6, 6.07) is -1.32. The molecule has 114 valence electrons. The van der Waals surface area contributed by atoms with E-state index in [1.54, 1.807) is 10.6 Å². The van der Waals surface area contributed by atoms with Crippen LogP contribution in [0, 0.1) is 5.82 Å². The molecule has 0 aliphatic carbocycles. The van der Waals surface area contributed by atoms with E-state index in [2.05, 4.69) is 4.98 Å². The number of pyridine rings is 1. The van der Waals surface area contributed by atoms with E-state index in [0.29, 0.717) is 0 Å². The molecule has 0 fully saturated rings. The molecule has 0 spiro atoms. The van der Waals surface area contributed by atoms with Gasteiger partial charge in [-0.1, -0.05) is 46.4 Å². The van der Waals surface area contributed by atoms with Gasteiger partial charge in [0.15, 0.2) is 11.0 Å². The summed E-state index contributed by atoms with van der Waals surface area (Å²) in [5, 5.41) is 11.5. The number of rotatable bonds is 2. The summed E-state index contributed by atoms with van der Waals surface area (Å²) in [5.74, 6) is -4.20. The van der Waals surface area contributed by atoms with Crippen molar-refractivity contribution < 1.29 is 23.9 Å². The number of carboxylic acids is 1. The van der Waals surface area contributed by atoms with Gasteiger partial charge in [0.05, 0.1) is 5.69 Å². The largest absolute Gasteiger partial charge is 0.478 e. The van der Waals surface area contributed by atoms with Crippen LogP contribution in [0.4, 0.5) is 14.9 Å². The Bertz CT molecular complexity index is 620. The predicted octanol–water partition coefficient (Wildman–Crippen LogP) is 2.59. The van der Waals surface area contributed by atoms with Crippen LogP contribution in [0.25, 0.3) is 0 Å². The third-order valence-corrected chi connectivity index (χ3v) is 2.71. The lowest BCUT2D eigenvalue weighted by molar-refractivity contribution is -0.119. The summed E-state index contributed by atoms with van der Waals surface area (Å²) in [6.07, 6.45) is 0.722. The average molecular weight is 379 g/mol. The lowest BCUT2D eigenvalue weighted by Gasteiger charge is -2.13. The highest BCUT2D eigenvalue weighted by Gasteiger charge is 2.32. The van der Waals surface area contributed by atoms with Crippen LogP contribution in [0.2, 0.25) is 5.15 Å². The Hall–Kier alpha value is -1.35. The van der Waals surface area contributed by atoms with Crippen LogP contribution >= 0.6 is 46.4 Å². The minimum atomic E-state index is -2.43. The molecule has 1 aromatic rings. The summed E-state index contributed by atoms with van der Waals surface area (Å²) in [4.78, 5) is 36.9. The molecule has 1 heterocycles. The average Bonchev–Trinajstić information content (AvgIpc) is 2.33. The number of imide groups is 1. The molecule has 0 bridgehead atoms. The molecule has 3 amide bonds. The van der Waals surface area contributed by atoms with Crippen LogP contribution in [-0.4, -0.2) is 31.8 Å². The van der Waals surface area contributed by atoms with Crippen LogP contribution in [0.5, 0.6) is 0 Å². The Kier molecular flexibility index (Phi) is 5.57. The van der Waals surface area contributed by atoms with Crippen molar-refractivity contribution in [3.05, 3.63) is 22.7 Å². The van der Waals surface area contributed by atoms with Gasteiger partial charge >= 0.3 is 12.0 Å². The van der Waals surface area contributed by atoms with E-state index in [-0.39, 0.29) is 0 Å². The number of aromatic nitrogens is 1. The van der Waals surface area contributed by atoms with E-state index in [0.717, 1.165) is 6.20 Å². The summed E-state index contributed by atoms with van der Waals surface area (Å²) in [6.45, 7) is 0. The molecule has 0 unspecified atom stereocenters. The number of carbonyl (C=O) groups excluding carboxylic acids is 2. The first-order chi connectivity index (χ1) is 9.54. The lowest BCUT2D eigenvalue weighted by atomic mass is 10.2. The van der Waals surface area contributed by atoms with Crippen molar-refractivity contribution in [1.29, 1.82) is 0 Å². The summed E-state index contributed by atoms with van der Waals surface area (Å²) < 4.78 is 11.3. The van der Waals surface area contributed by atoms with Gasteiger partial charge in [-0.25, -0.2) is 19.0 Å². The highest BCUT2D eigenvalue weighted by Crippen LogP contribution is 2.27. The molecule has 21 heavy (non-hydrogen) atoms. The molecule has 3 N–H and O–H groups in total. The van der Waals surface area contributed by atoms with Gasteiger partial charge in [-0.3, -0.25) is 10.1 Å². The van der Waals surface area contributed by atoms with Gasteiger partial charge in [-0.05, 0) is 0 Å². The van der Waals surface area contributed by atoms with Crippen LogP contribution in [-0.2, 0) is 4.79 Å². The number of anilines is 1. The molecule has 0 saturated carbocycles. The predicted molar refractivity (Wildman–Crippen MR) is 73.6 cm³/mol. The van der Waals surface area contributed by atoms with Gasteiger partial charge in [0.2, 0.25) is 0 Å². The number of alkyl halides is 3. The zero-order chi connectivity index (χ0) is 16.4. The van der Waals surface area contributed by atoms with Crippen LogP contribution in [0.3, 0.4) is 0 Å². The Morgan fingerprint density at radius 1 is 1.29 bits per heavy atom. The molecule has 0 aliphatic rings. The maximum absolute atomic E-state index is 13.7. The number of nitrogens with one attached hydrogen (secondary N) is 2. The number of hydrogen-bond acceptors (Lipinski definition) is 4. The summed E-state index contributed by atoms with van der Waals surface area (Å²) in [7, 11) is 0. The Balaban J connectivity index is 3.03. The molecule has 1 aromatic heterocycles. The standard InChI is InChI=1S/C9H4Cl4FN3O4/c10-5-3(14)4(2(1-15-5)6(18)19)16-8(21)17-7(20)9(11,12)13/h1H,(H,18,19)(H2,15,16,17,20,21). The molecule has 0 aliphatic heterocycles. The molecule has 0 aromatic carbocycles. The Morgan fingerprint density at radius 3 is 2.33 bits per heavy atom. The molecular weight excluding hydrogens is 375 g/mol. The maximum atomic E-state index is 13.7. The number of nitrogens with zero attached hydrogens (tertiary/aromatic N) is 1. The zero-order valence-corrected chi connectivity index (χ0v) is 12.6. The number of carboxylic acid groups (broad SMARTS) is 1. The first-order valence-electron chi connectivity index (χ1n) is 4.80. The van der Waals surface area contributed by atoms with Crippen LogP contribution in [0.15, 0.2) is 6.20 Å². The zero-order valence-electron chi connectivity index (χ0n) is 9.59. The minimum Gasteiger partial charge on any atom is -0.478 e. The highest BCUT2D eigenvalue weighted by molar-refractivity contribution is 6.76. The van der Waals surface area contributed by atoms with Crippen LogP contribution < -0.4 is 10.6 Å². The first-order valence-corrected chi connectivity index (χ1v) is 6.31. The third-order valence-electron chi connectivity index (χ3n) is 1.93. The maximum Gasteiger partial charge on any atom is 0.339 e. The van der Waals surface area contributed by atoms with Gasteiger partial charge in [0.1, 0.15) is 5.56 Å². The number of amides is 3. The second kappa shape index (κ2) is 6.61. The second-order valence-corrected chi connectivity index (χ2v) is 6.00. The third kappa shape index (κ3) is 4.57.